The van der Waals surface area contributed by atoms with Gasteiger partial charge in [0.1, 0.15) is 0 Å². The van der Waals surface area contributed by atoms with Crippen LogP contribution in [0.2, 0.25) is 0 Å². The number of likely N-dealkylation sites (tertiary alicyclic amines) is 2. The molecule has 2 unspecified atom stereocenters. The maximum absolute atomic E-state index is 13.5. The first-order chi connectivity index (χ1) is 16.8. The van der Waals surface area contributed by atoms with Crippen LogP contribution in [0.15, 0.2) is 18.2 Å². The number of halogens is 3. The molecular formula is C28H40F3N3O. The van der Waals surface area contributed by atoms with Crippen molar-refractivity contribution in [1.82, 2.24) is 9.80 Å². The van der Waals surface area contributed by atoms with E-state index in [1.54, 1.807) is 6.07 Å². The summed E-state index contributed by atoms with van der Waals surface area (Å²) in [5, 5.41) is 0. The number of hydrogen-bond acceptors (Lipinski definition) is 3. The van der Waals surface area contributed by atoms with E-state index in [4.69, 9.17) is 0 Å². The highest BCUT2D eigenvalue weighted by molar-refractivity contribution is 5.80. The van der Waals surface area contributed by atoms with Crippen LogP contribution in [0.4, 0.5) is 18.9 Å². The van der Waals surface area contributed by atoms with E-state index in [-0.39, 0.29) is 17.7 Å². The lowest BCUT2D eigenvalue weighted by Gasteiger charge is -2.35. The smallest absolute Gasteiger partial charge is 0.371 e. The molecular weight excluding hydrogens is 451 g/mol. The molecule has 5 rings (SSSR count). The van der Waals surface area contributed by atoms with Gasteiger partial charge in [-0.2, -0.15) is 13.2 Å². The molecule has 4 aliphatic rings. The second-order valence-electron chi connectivity index (χ2n) is 11.5. The molecule has 3 saturated heterocycles. The van der Waals surface area contributed by atoms with E-state index in [2.05, 4.69) is 16.7 Å². The molecule has 4 fully saturated rings. The van der Waals surface area contributed by atoms with Crippen molar-refractivity contribution < 1.29 is 18.0 Å². The first-order valence-corrected chi connectivity index (χ1v) is 13.8. The minimum absolute atomic E-state index is 0.0753. The number of alkyl halides is 3. The lowest BCUT2D eigenvalue weighted by molar-refractivity contribution is -0.137. The maximum atomic E-state index is 13.5. The van der Waals surface area contributed by atoms with Crippen LogP contribution < -0.4 is 4.90 Å². The predicted octanol–water partition coefficient (Wildman–Crippen LogP) is 5.91. The number of benzene rings is 1. The van der Waals surface area contributed by atoms with Gasteiger partial charge in [0.25, 0.3) is 0 Å². The second-order valence-corrected chi connectivity index (χ2v) is 11.5. The van der Waals surface area contributed by atoms with Crippen LogP contribution in [-0.2, 0) is 11.0 Å². The number of nitrogens with zero attached hydrogens (tertiary/aromatic N) is 3. The zero-order chi connectivity index (χ0) is 24.6. The summed E-state index contributed by atoms with van der Waals surface area (Å²) < 4.78 is 40.6. The van der Waals surface area contributed by atoms with Gasteiger partial charge >= 0.3 is 6.18 Å². The Morgan fingerprint density at radius 1 is 0.886 bits per heavy atom. The van der Waals surface area contributed by atoms with Crippen molar-refractivity contribution >= 4 is 11.6 Å². The lowest BCUT2D eigenvalue weighted by Crippen LogP contribution is -2.39. The Hall–Kier alpha value is -1.76. The van der Waals surface area contributed by atoms with Crippen molar-refractivity contribution in [3.63, 3.8) is 0 Å². The molecule has 0 bridgehead atoms. The molecule has 0 N–H and O–H groups in total. The standard InChI is InChI=1S/C28H40F3N3O/c1-20-9-13-32(14-10-20)26-17-23(28(29,30)31)7-8-25(26)21-11-16-34(18-21)27(35)22-12-15-33(19-22)24-5-3-2-4-6-24/h7-8,17,20-22,24H,2-6,9-16,18-19H2,1H3. The van der Waals surface area contributed by atoms with Gasteiger partial charge in [-0.15, -0.1) is 0 Å². The fraction of sp³-hybridized carbons (Fsp3) is 0.750. The van der Waals surface area contributed by atoms with Gasteiger partial charge in [-0.1, -0.05) is 32.3 Å². The Morgan fingerprint density at radius 3 is 2.34 bits per heavy atom. The molecule has 0 aromatic heterocycles. The molecule has 0 radical (unpaired) electrons. The van der Waals surface area contributed by atoms with E-state index in [9.17, 15) is 18.0 Å². The van der Waals surface area contributed by atoms with Crippen molar-refractivity contribution in [2.45, 2.75) is 82.8 Å². The van der Waals surface area contributed by atoms with Gasteiger partial charge in [0.15, 0.2) is 0 Å². The van der Waals surface area contributed by atoms with Gasteiger partial charge < -0.3 is 9.80 Å². The summed E-state index contributed by atoms with van der Waals surface area (Å²) in [5.41, 5.74) is 1.14. The van der Waals surface area contributed by atoms with Crippen molar-refractivity contribution in [3.05, 3.63) is 29.3 Å². The number of carbonyl (C=O) groups is 1. The Balaban J connectivity index is 1.27. The van der Waals surface area contributed by atoms with Crippen LogP contribution in [0, 0.1) is 11.8 Å². The van der Waals surface area contributed by atoms with E-state index >= 15 is 0 Å². The van der Waals surface area contributed by atoms with Gasteiger partial charge in [0.2, 0.25) is 5.91 Å². The number of carbonyl (C=O) groups excluding carboxylic acids is 1. The Labute approximate surface area is 207 Å². The molecule has 1 aromatic carbocycles. The fourth-order valence-corrected chi connectivity index (χ4v) is 6.83. The van der Waals surface area contributed by atoms with Crippen LogP contribution in [0.3, 0.4) is 0 Å². The highest BCUT2D eigenvalue weighted by atomic mass is 19.4. The third-order valence-electron chi connectivity index (χ3n) is 9.08. The normalized spacial score (nSPS) is 27.7. The first-order valence-electron chi connectivity index (χ1n) is 13.8. The topological polar surface area (TPSA) is 26.8 Å². The Bertz CT molecular complexity index is 890. The molecule has 1 aromatic rings. The molecule has 194 valence electrons. The summed E-state index contributed by atoms with van der Waals surface area (Å²) in [4.78, 5) is 20.1. The summed E-state index contributed by atoms with van der Waals surface area (Å²) >= 11 is 0. The first kappa shape index (κ1) is 24.9. The molecule has 1 amide bonds. The second kappa shape index (κ2) is 10.3. The summed E-state index contributed by atoms with van der Waals surface area (Å²) in [5.74, 6) is 1.04. The largest absolute Gasteiger partial charge is 0.416 e. The van der Waals surface area contributed by atoms with Crippen LogP contribution >= 0.6 is 0 Å². The van der Waals surface area contributed by atoms with E-state index in [0.717, 1.165) is 63.1 Å². The molecule has 35 heavy (non-hydrogen) atoms. The van der Waals surface area contributed by atoms with E-state index in [1.165, 1.54) is 44.2 Å². The SMILES string of the molecule is CC1CCN(c2cc(C(F)(F)F)ccc2C2CCN(C(=O)C3CCN(C4CCCCC4)C3)C2)CC1. The van der Waals surface area contributed by atoms with Crippen LogP contribution in [0.1, 0.15) is 81.8 Å². The molecule has 0 spiro atoms. The maximum Gasteiger partial charge on any atom is 0.416 e. The molecule has 1 aliphatic carbocycles. The van der Waals surface area contributed by atoms with Crippen LogP contribution in [0.25, 0.3) is 0 Å². The minimum Gasteiger partial charge on any atom is -0.371 e. The third-order valence-corrected chi connectivity index (χ3v) is 9.08. The number of anilines is 1. The number of rotatable bonds is 4. The monoisotopic (exact) mass is 491 g/mol. The zero-order valence-electron chi connectivity index (χ0n) is 21.0. The van der Waals surface area contributed by atoms with Gasteiger partial charge in [0, 0.05) is 50.4 Å². The Kier molecular flexibility index (Phi) is 7.34. The minimum atomic E-state index is -4.35. The molecule has 4 nitrogen and oxygen atoms in total. The highest BCUT2D eigenvalue weighted by Crippen LogP contribution is 2.40. The van der Waals surface area contributed by atoms with Crippen LogP contribution in [-0.4, -0.2) is 61.0 Å². The van der Waals surface area contributed by atoms with Crippen molar-refractivity contribution in [2.24, 2.45) is 11.8 Å². The Morgan fingerprint density at radius 2 is 1.63 bits per heavy atom. The molecule has 3 heterocycles. The average molecular weight is 492 g/mol. The number of amides is 1. The van der Waals surface area contributed by atoms with Crippen molar-refractivity contribution in [1.29, 1.82) is 0 Å². The summed E-state index contributed by atoms with van der Waals surface area (Å²) in [6.45, 7) is 7.04. The summed E-state index contributed by atoms with van der Waals surface area (Å²) in [6.07, 6.45) is 5.90. The molecule has 1 saturated carbocycles. The van der Waals surface area contributed by atoms with Crippen molar-refractivity contribution in [3.8, 4) is 0 Å². The van der Waals surface area contributed by atoms with Crippen LogP contribution in [0.5, 0.6) is 0 Å². The fourth-order valence-electron chi connectivity index (χ4n) is 6.83. The summed E-state index contributed by atoms with van der Waals surface area (Å²) in [6, 6.07) is 4.92. The zero-order valence-corrected chi connectivity index (χ0v) is 21.0. The predicted molar refractivity (Wildman–Crippen MR) is 133 cm³/mol. The van der Waals surface area contributed by atoms with E-state index in [0.29, 0.717) is 25.0 Å². The average Bonchev–Trinajstić information content (AvgIpc) is 3.54. The summed E-state index contributed by atoms with van der Waals surface area (Å²) in [7, 11) is 0. The van der Waals surface area contributed by atoms with Crippen molar-refractivity contribution in [2.75, 3.05) is 44.2 Å². The van der Waals surface area contributed by atoms with E-state index < -0.39 is 11.7 Å². The lowest BCUT2D eigenvalue weighted by atomic mass is 9.92. The van der Waals surface area contributed by atoms with Gasteiger partial charge in [-0.25, -0.2) is 0 Å². The highest BCUT2D eigenvalue weighted by Gasteiger charge is 2.39. The van der Waals surface area contributed by atoms with Gasteiger partial charge in [0.05, 0.1) is 11.5 Å². The van der Waals surface area contributed by atoms with Gasteiger partial charge in [-0.05, 0) is 68.7 Å². The van der Waals surface area contributed by atoms with Gasteiger partial charge in [-0.3, -0.25) is 9.69 Å². The number of hydrogen-bond donors (Lipinski definition) is 0. The molecule has 7 heteroatoms. The number of piperidine rings is 1. The van der Waals surface area contributed by atoms with E-state index in [1.807, 2.05) is 4.90 Å². The molecule has 2 atom stereocenters. The third kappa shape index (κ3) is 5.50. The quantitative estimate of drug-likeness (QED) is 0.524. The molecule has 3 aliphatic heterocycles.